The molecule has 0 spiro atoms. The zero-order chi connectivity index (χ0) is 14.7. The maximum atomic E-state index is 11.8. The summed E-state index contributed by atoms with van der Waals surface area (Å²) in [5, 5.41) is 5.68. The van der Waals surface area contributed by atoms with E-state index in [-0.39, 0.29) is 17.9 Å². The van der Waals surface area contributed by atoms with E-state index in [0.29, 0.717) is 6.54 Å². The van der Waals surface area contributed by atoms with Gasteiger partial charge in [0.2, 0.25) is 5.91 Å². The molecule has 6 nitrogen and oxygen atoms in total. The third kappa shape index (κ3) is 3.47. The molecular formula is C15H16N4O2. The summed E-state index contributed by atoms with van der Waals surface area (Å²) in [7, 11) is 0. The summed E-state index contributed by atoms with van der Waals surface area (Å²) in [5.74, 6) is 0.254. The van der Waals surface area contributed by atoms with Crippen LogP contribution >= 0.6 is 0 Å². The van der Waals surface area contributed by atoms with Gasteiger partial charge in [-0.2, -0.15) is 0 Å². The Morgan fingerprint density at radius 2 is 2.19 bits per heavy atom. The van der Waals surface area contributed by atoms with E-state index in [1.807, 2.05) is 24.3 Å². The molecule has 1 aliphatic carbocycles. The monoisotopic (exact) mass is 284 g/mol. The summed E-state index contributed by atoms with van der Waals surface area (Å²) >= 11 is 0. The van der Waals surface area contributed by atoms with Crippen LogP contribution in [0.1, 0.15) is 18.4 Å². The van der Waals surface area contributed by atoms with Crippen molar-refractivity contribution in [3.8, 4) is 0 Å². The second kappa shape index (κ2) is 5.78. The predicted octanol–water partition coefficient (Wildman–Crippen LogP) is 1.99. The number of hydrogen-bond donors (Lipinski definition) is 2. The molecule has 0 bridgehead atoms. The number of amides is 2. The predicted molar refractivity (Wildman–Crippen MR) is 77.7 cm³/mol. The number of aromatic nitrogens is 2. The summed E-state index contributed by atoms with van der Waals surface area (Å²) < 4.78 is 1.37. The van der Waals surface area contributed by atoms with Crippen molar-refractivity contribution in [2.45, 2.75) is 19.4 Å². The molecule has 2 amide bonds. The van der Waals surface area contributed by atoms with E-state index >= 15 is 0 Å². The van der Waals surface area contributed by atoms with E-state index in [4.69, 9.17) is 0 Å². The molecule has 1 heterocycles. The van der Waals surface area contributed by atoms with Crippen LogP contribution < -0.4 is 10.6 Å². The second-order valence-corrected chi connectivity index (χ2v) is 5.09. The molecule has 1 saturated carbocycles. The number of anilines is 1. The van der Waals surface area contributed by atoms with Crippen LogP contribution in [0.5, 0.6) is 0 Å². The summed E-state index contributed by atoms with van der Waals surface area (Å²) in [4.78, 5) is 27.3. The average Bonchev–Trinajstić information content (AvgIpc) is 3.20. The lowest BCUT2D eigenvalue weighted by Crippen LogP contribution is -2.27. The molecule has 0 atom stereocenters. The Bertz CT molecular complexity index is 647. The Morgan fingerprint density at radius 3 is 2.90 bits per heavy atom. The molecular weight excluding hydrogens is 268 g/mol. The fourth-order valence-electron chi connectivity index (χ4n) is 2.00. The number of benzene rings is 1. The van der Waals surface area contributed by atoms with Gasteiger partial charge in [0.05, 0.1) is 0 Å². The molecule has 0 unspecified atom stereocenters. The molecule has 0 aliphatic heterocycles. The minimum absolute atomic E-state index is 0.0783. The van der Waals surface area contributed by atoms with Crippen molar-refractivity contribution < 1.29 is 9.59 Å². The highest BCUT2D eigenvalue weighted by molar-refractivity contribution is 5.94. The van der Waals surface area contributed by atoms with E-state index in [1.54, 1.807) is 12.4 Å². The number of carbonyl (C=O) groups excluding carboxylic acids is 2. The largest absolute Gasteiger partial charge is 0.333 e. The molecule has 1 fully saturated rings. The van der Waals surface area contributed by atoms with Gasteiger partial charge in [-0.1, -0.05) is 12.1 Å². The van der Waals surface area contributed by atoms with Crippen LogP contribution in [0.25, 0.3) is 0 Å². The van der Waals surface area contributed by atoms with Crippen molar-refractivity contribution in [1.82, 2.24) is 14.9 Å². The van der Waals surface area contributed by atoms with E-state index in [2.05, 4.69) is 15.6 Å². The first-order chi connectivity index (χ1) is 10.2. The van der Waals surface area contributed by atoms with Gasteiger partial charge >= 0.3 is 6.03 Å². The molecule has 2 aromatic rings. The number of hydrogen-bond acceptors (Lipinski definition) is 3. The van der Waals surface area contributed by atoms with Crippen molar-refractivity contribution in [3.05, 3.63) is 48.5 Å². The zero-order valence-electron chi connectivity index (χ0n) is 11.5. The molecule has 3 rings (SSSR count). The smallest absolute Gasteiger partial charge is 0.327 e. The normalized spacial score (nSPS) is 13.7. The van der Waals surface area contributed by atoms with Crippen molar-refractivity contribution in [2.75, 3.05) is 5.32 Å². The summed E-state index contributed by atoms with van der Waals surface area (Å²) in [5.41, 5.74) is 1.69. The second-order valence-electron chi connectivity index (χ2n) is 5.09. The van der Waals surface area contributed by atoms with Crippen LogP contribution in [0.3, 0.4) is 0 Å². The van der Waals surface area contributed by atoms with Gasteiger partial charge in [-0.25, -0.2) is 9.78 Å². The van der Waals surface area contributed by atoms with Crippen molar-refractivity contribution in [2.24, 2.45) is 5.92 Å². The molecule has 21 heavy (non-hydrogen) atoms. The Hall–Kier alpha value is -2.63. The number of nitrogens with zero attached hydrogens (tertiary/aromatic N) is 2. The SMILES string of the molecule is O=C(Nc1cccc(CNC(=O)n2ccnc2)c1)C1CC1. The lowest BCUT2D eigenvalue weighted by Gasteiger charge is -2.08. The van der Waals surface area contributed by atoms with Gasteiger partial charge < -0.3 is 10.6 Å². The topological polar surface area (TPSA) is 76.0 Å². The minimum Gasteiger partial charge on any atom is -0.333 e. The summed E-state index contributed by atoms with van der Waals surface area (Å²) in [6.07, 6.45) is 6.54. The number of rotatable bonds is 4. The highest BCUT2D eigenvalue weighted by Crippen LogP contribution is 2.30. The van der Waals surface area contributed by atoms with Crippen LogP contribution in [-0.2, 0) is 11.3 Å². The van der Waals surface area contributed by atoms with Crippen LogP contribution in [0.2, 0.25) is 0 Å². The Morgan fingerprint density at radius 1 is 1.33 bits per heavy atom. The maximum absolute atomic E-state index is 11.8. The zero-order valence-corrected chi connectivity index (χ0v) is 11.5. The van der Waals surface area contributed by atoms with E-state index in [1.165, 1.54) is 10.9 Å². The highest BCUT2D eigenvalue weighted by Gasteiger charge is 2.29. The first-order valence-corrected chi connectivity index (χ1v) is 6.88. The van der Waals surface area contributed by atoms with Crippen LogP contribution in [0.4, 0.5) is 10.5 Å². The van der Waals surface area contributed by atoms with Gasteiger partial charge in [0.1, 0.15) is 6.33 Å². The third-order valence-corrected chi connectivity index (χ3v) is 3.33. The lowest BCUT2D eigenvalue weighted by atomic mass is 10.2. The van der Waals surface area contributed by atoms with E-state index in [0.717, 1.165) is 24.1 Å². The standard InChI is InChI=1S/C15H16N4O2/c20-14(12-4-5-12)18-13-3-1-2-11(8-13)9-17-15(21)19-7-6-16-10-19/h1-3,6-8,10,12H,4-5,9H2,(H,17,21)(H,18,20). The van der Waals surface area contributed by atoms with E-state index < -0.39 is 0 Å². The molecule has 6 heteroatoms. The number of carbonyl (C=O) groups is 2. The minimum atomic E-state index is -0.236. The summed E-state index contributed by atoms with van der Waals surface area (Å²) in [6, 6.07) is 7.25. The lowest BCUT2D eigenvalue weighted by molar-refractivity contribution is -0.117. The van der Waals surface area contributed by atoms with Gasteiger partial charge in [0, 0.05) is 30.5 Å². The molecule has 1 aromatic carbocycles. The molecule has 108 valence electrons. The van der Waals surface area contributed by atoms with Crippen LogP contribution in [0, 0.1) is 5.92 Å². The van der Waals surface area contributed by atoms with Crippen LogP contribution in [-0.4, -0.2) is 21.5 Å². The fraction of sp³-hybridized carbons (Fsp3) is 0.267. The molecule has 2 N–H and O–H groups in total. The van der Waals surface area contributed by atoms with Gasteiger partial charge in [0.15, 0.2) is 0 Å². The number of imidazole rings is 1. The average molecular weight is 284 g/mol. The van der Waals surface area contributed by atoms with Gasteiger partial charge in [-0.3, -0.25) is 9.36 Å². The van der Waals surface area contributed by atoms with Gasteiger partial charge in [0.25, 0.3) is 0 Å². The first kappa shape index (κ1) is 13.4. The van der Waals surface area contributed by atoms with Gasteiger partial charge in [-0.05, 0) is 30.5 Å². The molecule has 1 aliphatic rings. The maximum Gasteiger partial charge on any atom is 0.327 e. The Labute approximate surface area is 122 Å². The molecule has 0 saturated heterocycles. The van der Waals surface area contributed by atoms with Crippen molar-refractivity contribution in [1.29, 1.82) is 0 Å². The summed E-state index contributed by atoms with van der Waals surface area (Å²) in [6.45, 7) is 0.393. The highest BCUT2D eigenvalue weighted by atomic mass is 16.2. The molecule has 0 radical (unpaired) electrons. The van der Waals surface area contributed by atoms with Crippen LogP contribution in [0.15, 0.2) is 43.0 Å². The van der Waals surface area contributed by atoms with E-state index in [9.17, 15) is 9.59 Å². The quantitative estimate of drug-likeness (QED) is 0.901. The number of nitrogens with one attached hydrogen (secondary N) is 2. The first-order valence-electron chi connectivity index (χ1n) is 6.88. The van der Waals surface area contributed by atoms with Crippen molar-refractivity contribution >= 4 is 17.6 Å². The molecule has 1 aromatic heterocycles. The van der Waals surface area contributed by atoms with Gasteiger partial charge in [-0.15, -0.1) is 0 Å². The Balaban J connectivity index is 1.58. The Kier molecular flexibility index (Phi) is 3.68. The fourth-order valence-corrected chi connectivity index (χ4v) is 2.00. The third-order valence-electron chi connectivity index (χ3n) is 3.33. The van der Waals surface area contributed by atoms with Crippen molar-refractivity contribution in [3.63, 3.8) is 0 Å².